The van der Waals surface area contributed by atoms with Crippen LogP contribution in [0.5, 0.6) is 0 Å². The minimum atomic E-state index is -1.07. The van der Waals surface area contributed by atoms with E-state index < -0.39 is 17.9 Å². The predicted molar refractivity (Wildman–Crippen MR) is 95.0 cm³/mol. The van der Waals surface area contributed by atoms with Gasteiger partial charge in [0.05, 0.1) is 6.10 Å². The van der Waals surface area contributed by atoms with E-state index in [0.29, 0.717) is 0 Å². The van der Waals surface area contributed by atoms with Crippen LogP contribution < -0.4 is 5.32 Å². The van der Waals surface area contributed by atoms with Gasteiger partial charge in [-0.25, -0.2) is 4.79 Å². The number of carboxylic acid groups (broad SMARTS) is 1. The molecule has 2 rings (SSSR count). The summed E-state index contributed by atoms with van der Waals surface area (Å²) in [4.78, 5) is 26.5. The van der Waals surface area contributed by atoms with Crippen LogP contribution in [0.15, 0.2) is 28.9 Å². The van der Waals surface area contributed by atoms with E-state index in [1.807, 2.05) is 32.0 Å². The number of nitrogens with one attached hydrogen (secondary N) is 2. The maximum atomic E-state index is 11.9. The van der Waals surface area contributed by atoms with Crippen LogP contribution in [0.25, 0.3) is 10.9 Å². The van der Waals surface area contributed by atoms with Gasteiger partial charge in [0, 0.05) is 28.0 Å². The van der Waals surface area contributed by atoms with Gasteiger partial charge in [-0.05, 0) is 37.1 Å². The summed E-state index contributed by atoms with van der Waals surface area (Å²) >= 11 is 3.41. The summed E-state index contributed by atoms with van der Waals surface area (Å²) in [5.41, 5.74) is 1.76. The van der Waals surface area contributed by atoms with Gasteiger partial charge in [-0.3, -0.25) is 4.79 Å². The number of aromatic amines is 1. The van der Waals surface area contributed by atoms with Crippen molar-refractivity contribution >= 4 is 38.7 Å². The number of ether oxygens (including phenoxy) is 1. The standard InChI is InChI=1S/C17H21BrN2O4/c1-3-10(2)24-9-16(21)20-15(17(22)23)6-11-8-19-14-5-4-12(18)7-13(11)14/h4-5,7-8,10,15,19H,3,6,9H2,1-2H3,(H,20,21)(H,22,23). The number of rotatable bonds is 8. The topological polar surface area (TPSA) is 91.4 Å². The molecule has 1 aromatic carbocycles. The zero-order valence-corrected chi connectivity index (χ0v) is 15.2. The van der Waals surface area contributed by atoms with E-state index in [4.69, 9.17) is 4.74 Å². The van der Waals surface area contributed by atoms with Gasteiger partial charge < -0.3 is 20.1 Å². The molecule has 2 atom stereocenters. The molecule has 0 aliphatic carbocycles. The highest BCUT2D eigenvalue weighted by atomic mass is 79.9. The first kappa shape index (κ1) is 18.5. The maximum absolute atomic E-state index is 11.9. The van der Waals surface area contributed by atoms with Crippen LogP contribution in [0.1, 0.15) is 25.8 Å². The third kappa shape index (κ3) is 4.82. The van der Waals surface area contributed by atoms with Gasteiger partial charge in [0.15, 0.2) is 0 Å². The average molecular weight is 397 g/mol. The Labute approximate surface area is 148 Å². The Kier molecular flexibility index (Phi) is 6.39. The number of carbonyl (C=O) groups is 2. The fourth-order valence-electron chi connectivity index (χ4n) is 2.31. The first-order valence-electron chi connectivity index (χ1n) is 7.80. The highest BCUT2D eigenvalue weighted by Gasteiger charge is 2.22. The summed E-state index contributed by atoms with van der Waals surface area (Å²) in [6.45, 7) is 3.68. The van der Waals surface area contributed by atoms with Gasteiger partial charge in [0.2, 0.25) is 5.91 Å². The van der Waals surface area contributed by atoms with Crippen molar-refractivity contribution in [2.75, 3.05) is 6.61 Å². The Morgan fingerprint density at radius 3 is 2.83 bits per heavy atom. The van der Waals surface area contributed by atoms with Crippen LogP contribution in [0.3, 0.4) is 0 Å². The van der Waals surface area contributed by atoms with Gasteiger partial charge in [-0.1, -0.05) is 22.9 Å². The molecule has 0 spiro atoms. The van der Waals surface area contributed by atoms with Crippen LogP contribution in [-0.2, 0) is 20.7 Å². The molecule has 0 bridgehead atoms. The Balaban J connectivity index is 2.06. The summed E-state index contributed by atoms with van der Waals surface area (Å²) in [6, 6.07) is 4.74. The second kappa shape index (κ2) is 8.30. The number of H-pyrrole nitrogens is 1. The van der Waals surface area contributed by atoms with Crippen molar-refractivity contribution in [3.05, 3.63) is 34.4 Å². The fraction of sp³-hybridized carbons (Fsp3) is 0.412. The van der Waals surface area contributed by atoms with Crippen LogP contribution in [-0.4, -0.2) is 40.7 Å². The first-order chi connectivity index (χ1) is 11.4. The third-order valence-electron chi connectivity index (χ3n) is 3.86. The summed E-state index contributed by atoms with van der Waals surface area (Å²) in [5.74, 6) is -1.50. The molecular weight excluding hydrogens is 376 g/mol. The molecule has 0 saturated heterocycles. The number of benzene rings is 1. The number of carbonyl (C=O) groups excluding carboxylic acids is 1. The van der Waals surface area contributed by atoms with Crippen molar-refractivity contribution in [3.8, 4) is 0 Å². The summed E-state index contributed by atoms with van der Waals surface area (Å²) in [5, 5.41) is 12.9. The number of amides is 1. The quantitative estimate of drug-likeness (QED) is 0.639. The highest BCUT2D eigenvalue weighted by molar-refractivity contribution is 9.10. The highest BCUT2D eigenvalue weighted by Crippen LogP contribution is 2.23. The summed E-state index contributed by atoms with van der Waals surface area (Å²) in [7, 11) is 0. The van der Waals surface area contributed by atoms with Gasteiger partial charge in [0.25, 0.3) is 0 Å². The second-order valence-corrected chi connectivity index (χ2v) is 6.61. The van der Waals surface area contributed by atoms with Gasteiger partial charge in [-0.15, -0.1) is 0 Å². The second-order valence-electron chi connectivity index (χ2n) is 5.70. The molecule has 1 heterocycles. The van der Waals surface area contributed by atoms with Crippen molar-refractivity contribution in [1.29, 1.82) is 0 Å². The molecule has 0 aliphatic rings. The van der Waals surface area contributed by atoms with E-state index in [1.54, 1.807) is 6.20 Å². The molecule has 0 radical (unpaired) electrons. The minimum absolute atomic E-state index is 0.0370. The number of carboxylic acids is 1. The van der Waals surface area contributed by atoms with E-state index in [1.165, 1.54) is 0 Å². The number of hydrogen-bond acceptors (Lipinski definition) is 3. The lowest BCUT2D eigenvalue weighted by molar-refractivity contribution is -0.142. The molecule has 1 amide bonds. The molecule has 0 fully saturated rings. The van der Waals surface area contributed by atoms with Crippen molar-refractivity contribution in [2.24, 2.45) is 0 Å². The van der Waals surface area contributed by atoms with Crippen molar-refractivity contribution in [3.63, 3.8) is 0 Å². The largest absolute Gasteiger partial charge is 0.480 e. The van der Waals surface area contributed by atoms with Gasteiger partial charge in [-0.2, -0.15) is 0 Å². The van der Waals surface area contributed by atoms with Gasteiger partial charge in [0.1, 0.15) is 12.6 Å². The molecule has 130 valence electrons. The zero-order valence-electron chi connectivity index (χ0n) is 13.6. The van der Waals surface area contributed by atoms with E-state index >= 15 is 0 Å². The van der Waals surface area contributed by atoms with Crippen molar-refractivity contribution in [2.45, 2.75) is 38.8 Å². The molecule has 2 unspecified atom stereocenters. The average Bonchev–Trinajstić information content (AvgIpc) is 2.94. The number of aliphatic carboxylic acids is 1. The molecule has 1 aromatic heterocycles. The number of halogens is 1. The first-order valence-corrected chi connectivity index (χ1v) is 8.59. The molecule has 3 N–H and O–H groups in total. The molecule has 24 heavy (non-hydrogen) atoms. The fourth-order valence-corrected chi connectivity index (χ4v) is 2.67. The zero-order chi connectivity index (χ0) is 17.7. The van der Waals surface area contributed by atoms with E-state index in [-0.39, 0.29) is 19.1 Å². The SMILES string of the molecule is CCC(C)OCC(=O)NC(Cc1c[nH]c2ccc(Br)cc12)C(=O)O. The Bertz CT molecular complexity index is 728. The smallest absolute Gasteiger partial charge is 0.326 e. The van der Waals surface area contributed by atoms with Crippen LogP contribution in [0, 0.1) is 0 Å². The normalized spacial score (nSPS) is 13.6. The number of fused-ring (bicyclic) bond motifs is 1. The van der Waals surface area contributed by atoms with E-state index in [2.05, 4.69) is 26.2 Å². The minimum Gasteiger partial charge on any atom is -0.480 e. The lowest BCUT2D eigenvalue weighted by atomic mass is 10.1. The van der Waals surface area contributed by atoms with E-state index in [0.717, 1.165) is 27.4 Å². The maximum Gasteiger partial charge on any atom is 0.326 e. The number of hydrogen-bond donors (Lipinski definition) is 3. The lowest BCUT2D eigenvalue weighted by Crippen LogP contribution is -2.44. The van der Waals surface area contributed by atoms with Crippen LogP contribution in [0.4, 0.5) is 0 Å². The summed E-state index contributed by atoms with van der Waals surface area (Å²) < 4.78 is 6.25. The summed E-state index contributed by atoms with van der Waals surface area (Å²) in [6.07, 6.45) is 2.72. The predicted octanol–water partition coefficient (Wildman–Crippen LogP) is 2.86. The molecular formula is C17H21BrN2O4. The lowest BCUT2D eigenvalue weighted by Gasteiger charge is -2.16. The monoisotopic (exact) mass is 396 g/mol. The van der Waals surface area contributed by atoms with Crippen LogP contribution >= 0.6 is 15.9 Å². The Hall–Kier alpha value is -1.86. The van der Waals surface area contributed by atoms with Crippen molar-refractivity contribution in [1.82, 2.24) is 10.3 Å². The molecule has 7 heteroatoms. The molecule has 2 aromatic rings. The molecule has 0 aliphatic heterocycles. The van der Waals surface area contributed by atoms with Crippen LogP contribution in [0.2, 0.25) is 0 Å². The Morgan fingerprint density at radius 2 is 2.17 bits per heavy atom. The van der Waals surface area contributed by atoms with E-state index in [9.17, 15) is 14.7 Å². The Morgan fingerprint density at radius 1 is 1.42 bits per heavy atom. The number of aromatic nitrogens is 1. The van der Waals surface area contributed by atoms with Crippen molar-refractivity contribution < 1.29 is 19.4 Å². The third-order valence-corrected chi connectivity index (χ3v) is 4.35. The molecule has 6 nitrogen and oxygen atoms in total. The van der Waals surface area contributed by atoms with Gasteiger partial charge >= 0.3 is 5.97 Å². The molecule has 0 saturated carbocycles.